The zero-order valence-electron chi connectivity index (χ0n) is 11.3. The summed E-state index contributed by atoms with van der Waals surface area (Å²) in [6.07, 6.45) is 12.0. The van der Waals surface area contributed by atoms with Gasteiger partial charge >= 0.3 is 0 Å². The highest BCUT2D eigenvalue weighted by molar-refractivity contribution is 5.47. The smallest absolute Gasteiger partial charge is 0.132 e. The van der Waals surface area contributed by atoms with Crippen molar-refractivity contribution in [1.29, 1.82) is 0 Å². The van der Waals surface area contributed by atoms with Crippen LogP contribution < -0.4 is 5.32 Å². The van der Waals surface area contributed by atoms with Crippen LogP contribution in [0.2, 0.25) is 0 Å². The van der Waals surface area contributed by atoms with E-state index in [2.05, 4.69) is 22.2 Å². The second-order valence-electron chi connectivity index (χ2n) is 5.92. The normalized spacial score (nSPS) is 20.9. The molecule has 1 saturated carbocycles. The van der Waals surface area contributed by atoms with Crippen LogP contribution in [-0.2, 0) is 12.8 Å². The maximum atomic E-state index is 4.48. The molecule has 1 aromatic rings. The highest BCUT2D eigenvalue weighted by Crippen LogP contribution is 2.48. The first-order valence-corrected chi connectivity index (χ1v) is 7.40. The number of hydrogen-bond acceptors (Lipinski definition) is 3. The SMILES string of the molecule is CCC1(CNc2ncnc3c2CCCCC3)CC1. The van der Waals surface area contributed by atoms with Crippen LogP contribution in [0, 0.1) is 5.41 Å². The van der Waals surface area contributed by atoms with Crippen molar-refractivity contribution in [2.75, 3.05) is 11.9 Å². The fourth-order valence-corrected chi connectivity index (χ4v) is 2.95. The van der Waals surface area contributed by atoms with Crippen LogP contribution in [0.5, 0.6) is 0 Å². The Morgan fingerprint density at radius 3 is 2.78 bits per heavy atom. The molecule has 98 valence electrons. The average Bonchev–Trinajstić information content (AvgIpc) is 3.20. The summed E-state index contributed by atoms with van der Waals surface area (Å²) in [4.78, 5) is 8.95. The van der Waals surface area contributed by atoms with E-state index in [1.54, 1.807) is 6.33 Å². The Morgan fingerprint density at radius 1 is 1.17 bits per heavy atom. The minimum absolute atomic E-state index is 0.572. The molecule has 1 heterocycles. The number of fused-ring (bicyclic) bond motifs is 1. The predicted octanol–water partition coefficient (Wildman–Crippen LogP) is 3.35. The Hall–Kier alpha value is -1.12. The largest absolute Gasteiger partial charge is 0.369 e. The van der Waals surface area contributed by atoms with Crippen LogP contribution in [0.4, 0.5) is 5.82 Å². The number of aryl methyl sites for hydroxylation is 1. The highest BCUT2D eigenvalue weighted by Gasteiger charge is 2.40. The van der Waals surface area contributed by atoms with Gasteiger partial charge in [0.25, 0.3) is 0 Å². The van der Waals surface area contributed by atoms with Crippen molar-refractivity contribution in [2.45, 2.75) is 58.3 Å². The molecular weight excluding hydrogens is 222 g/mol. The van der Waals surface area contributed by atoms with Gasteiger partial charge < -0.3 is 5.32 Å². The van der Waals surface area contributed by atoms with E-state index in [9.17, 15) is 0 Å². The number of aromatic nitrogens is 2. The van der Waals surface area contributed by atoms with Crippen LogP contribution in [0.15, 0.2) is 6.33 Å². The van der Waals surface area contributed by atoms with Crippen LogP contribution in [0.25, 0.3) is 0 Å². The summed E-state index contributed by atoms with van der Waals surface area (Å²) in [5.74, 6) is 1.11. The summed E-state index contributed by atoms with van der Waals surface area (Å²) >= 11 is 0. The van der Waals surface area contributed by atoms with E-state index in [-0.39, 0.29) is 0 Å². The molecular formula is C15H23N3. The fourth-order valence-electron chi connectivity index (χ4n) is 2.95. The second-order valence-corrected chi connectivity index (χ2v) is 5.92. The maximum absolute atomic E-state index is 4.48. The van der Waals surface area contributed by atoms with Crippen molar-refractivity contribution in [1.82, 2.24) is 9.97 Å². The van der Waals surface area contributed by atoms with Crippen LogP contribution in [0.3, 0.4) is 0 Å². The lowest BCUT2D eigenvalue weighted by molar-refractivity contribution is 0.520. The lowest BCUT2D eigenvalue weighted by atomic mass is 10.0. The van der Waals surface area contributed by atoms with E-state index >= 15 is 0 Å². The molecule has 3 rings (SSSR count). The van der Waals surface area contributed by atoms with E-state index in [4.69, 9.17) is 0 Å². The monoisotopic (exact) mass is 245 g/mol. The van der Waals surface area contributed by atoms with Gasteiger partial charge in [0.1, 0.15) is 12.1 Å². The summed E-state index contributed by atoms with van der Waals surface area (Å²) in [7, 11) is 0. The fraction of sp³-hybridized carbons (Fsp3) is 0.733. The lowest BCUT2D eigenvalue weighted by Crippen LogP contribution is -2.17. The van der Waals surface area contributed by atoms with Crippen molar-refractivity contribution in [3.63, 3.8) is 0 Å². The Morgan fingerprint density at radius 2 is 2.00 bits per heavy atom. The minimum Gasteiger partial charge on any atom is -0.369 e. The maximum Gasteiger partial charge on any atom is 0.132 e. The number of anilines is 1. The summed E-state index contributed by atoms with van der Waals surface area (Å²) < 4.78 is 0. The molecule has 18 heavy (non-hydrogen) atoms. The quantitative estimate of drug-likeness (QED) is 0.827. The molecule has 1 aromatic heterocycles. The van der Waals surface area contributed by atoms with E-state index in [1.807, 2.05) is 0 Å². The molecule has 3 heteroatoms. The van der Waals surface area contributed by atoms with E-state index in [1.165, 1.54) is 49.8 Å². The van der Waals surface area contributed by atoms with Crippen LogP contribution in [-0.4, -0.2) is 16.5 Å². The zero-order chi connectivity index (χ0) is 12.4. The van der Waals surface area contributed by atoms with Gasteiger partial charge in [0.2, 0.25) is 0 Å². The van der Waals surface area contributed by atoms with Crippen molar-refractivity contribution in [2.24, 2.45) is 5.41 Å². The van der Waals surface area contributed by atoms with Crippen LogP contribution >= 0.6 is 0 Å². The van der Waals surface area contributed by atoms with E-state index < -0.39 is 0 Å². The van der Waals surface area contributed by atoms with Crippen molar-refractivity contribution in [3.05, 3.63) is 17.6 Å². The molecule has 2 aliphatic rings. The molecule has 0 atom stereocenters. The molecule has 0 bridgehead atoms. The van der Waals surface area contributed by atoms with E-state index in [0.717, 1.165) is 25.2 Å². The molecule has 2 aliphatic carbocycles. The molecule has 0 aliphatic heterocycles. The van der Waals surface area contributed by atoms with Crippen molar-refractivity contribution < 1.29 is 0 Å². The third-order valence-corrected chi connectivity index (χ3v) is 4.71. The van der Waals surface area contributed by atoms with Crippen LogP contribution in [0.1, 0.15) is 56.7 Å². The number of rotatable bonds is 4. The number of hydrogen-bond donors (Lipinski definition) is 1. The minimum atomic E-state index is 0.572. The van der Waals surface area contributed by atoms with Gasteiger partial charge in [0, 0.05) is 17.8 Å². The third kappa shape index (κ3) is 2.36. The predicted molar refractivity (Wildman–Crippen MR) is 73.7 cm³/mol. The van der Waals surface area contributed by atoms with Crippen molar-refractivity contribution in [3.8, 4) is 0 Å². The number of nitrogens with zero attached hydrogens (tertiary/aromatic N) is 2. The first kappa shape index (κ1) is 11.9. The highest BCUT2D eigenvalue weighted by atomic mass is 15.0. The number of nitrogens with one attached hydrogen (secondary N) is 1. The molecule has 1 N–H and O–H groups in total. The third-order valence-electron chi connectivity index (χ3n) is 4.71. The Labute approximate surface area is 109 Å². The van der Waals surface area contributed by atoms with Gasteiger partial charge in [-0.2, -0.15) is 0 Å². The molecule has 0 unspecified atom stereocenters. The molecule has 0 saturated heterocycles. The summed E-state index contributed by atoms with van der Waals surface area (Å²) in [5, 5.41) is 3.60. The molecule has 0 amide bonds. The molecule has 0 aromatic carbocycles. The summed E-state index contributed by atoms with van der Waals surface area (Å²) in [5.41, 5.74) is 3.25. The first-order chi connectivity index (χ1) is 8.83. The Kier molecular flexibility index (Phi) is 3.23. The van der Waals surface area contributed by atoms with Gasteiger partial charge in [0.05, 0.1) is 0 Å². The van der Waals surface area contributed by atoms with Gasteiger partial charge in [-0.05, 0) is 50.4 Å². The van der Waals surface area contributed by atoms with Gasteiger partial charge in [-0.15, -0.1) is 0 Å². The summed E-state index contributed by atoms with van der Waals surface area (Å²) in [6.45, 7) is 3.39. The van der Waals surface area contributed by atoms with Crippen molar-refractivity contribution >= 4 is 5.82 Å². The van der Waals surface area contributed by atoms with Gasteiger partial charge in [0.15, 0.2) is 0 Å². The second kappa shape index (κ2) is 4.87. The van der Waals surface area contributed by atoms with Gasteiger partial charge in [-0.3, -0.25) is 0 Å². The molecule has 0 radical (unpaired) electrons. The average molecular weight is 245 g/mol. The topological polar surface area (TPSA) is 37.8 Å². The lowest BCUT2D eigenvalue weighted by Gasteiger charge is -2.17. The van der Waals surface area contributed by atoms with E-state index in [0.29, 0.717) is 5.41 Å². The molecule has 1 fully saturated rings. The standard InChI is InChI=1S/C15H23N3/c1-2-15(8-9-15)10-16-14-12-6-4-3-5-7-13(12)17-11-18-14/h11H,2-10H2,1H3,(H,16,17,18). The summed E-state index contributed by atoms with van der Waals surface area (Å²) in [6, 6.07) is 0. The Balaban J connectivity index is 1.75. The molecule has 3 nitrogen and oxygen atoms in total. The van der Waals surface area contributed by atoms with Gasteiger partial charge in [-0.25, -0.2) is 9.97 Å². The molecule has 0 spiro atoms. The first-order valence-electron chi connectivity index (χ1n) is 7.40. The zero-order valence-corrected chi connectivity index (χ0v) is 11.3. The van der Waals surface area contributed by atoms with Gasteiger partial charge in [-0.1, -0.05) is 13.3 Å². The Bertz CT molecular complexity index is 424.